The molecule has 0 atom stereocenters. The maximum absolute atomic E-state index is 6.12. The summed E-state index contributed by atoms with van der Waals surface area (Å²) in [5, 5.41) is 4.99. The van der Waals surface area contributed by atoms with E-state index in [1.807, 2.05) is 23.1 Å². The van der Waals surface area contributed by atoms with Crippen LogP contribution in [0, 0.1) is 5.92 Å². The first-order valence-corrected chi connectivity index (χ1v) is 6.92. The number of pyridine rings is 1. The van der Waals surface area contributed by atoms with Crippen molar-refractivity contribution in [2.75, 3.05) is 18.0 Å². The van der Waals surface area contributed by atoms with E-state index in [1.165, 1.54) is 0 Å². The number of nitrogens with zero attached hydrogens (tertiary/aromatic N) is 4. The Bertz CT molecular complexity index is 551. The number of aromatic nitrogens is 3. The Hall–Kier alpha value is -1.07. The van der Waals surface area contributed by atoms with Crippen LogP contribution in [0.4, 0.5) is 5.69 Å². The molecule has 0 aliphatic carbocycles. The summed E-state index contributed by atoms with van der Waals surface area (Å²) in [7, 11) is 0. The van der Waals surface area contributed by atoms with Gasteiger partial charge in [0.2, 0.25) is 0 Å². The Morgan fingerprint density at radius 3 is 2.89 bits per heavy atom. The minimum atomic E-state index is 0.626. The molecular formula is C12H12BrClN4. The van der Waals surface area contributed by atoms with E-state index in [0.29, 0.717) is 5.92 Å². The number of hydrogen-bond acceptors (Lipinski definition) is 3. The molecule has 0 radical (unpaired) electrons. The zero-order chi connectivity index (χ0) is 12.5. The molecule has 94 valence electrons. The van der Waals surface area contributed by atoms with Crippen LogP contribution >= 0.6 is 27.5 Å². The van der Waals surface area contributed by atoms with Gasteiger partial charge >= 0.3 is 0 Å². The molecule has 1 fully saturated rings. The van der Waals surface area contributed by atoms with Crippen LogP contribution in [-0.4, -0.2) is 27.9 Å². The fourth-order valence-electron chi connectivity index (χ4n) is 2.21. The van der Waals surface area contributed by atoms with Gasteiger partial charge in [-0.15, -0.1) is 0 Å². The highest BCUT2D eigenvalue weighted by Crippen LogP contribution is 2.30. The lowest BCUT2D eigenvalue weighted by Gasteiger charge is -2.41. The Morgan fingerprint density at radius 1 is 1.39 bits per heavy atom. The molecular weight excluding hydrogens is 316 g/mol. The molecule has 1 aliphatic heterocycles. The molecule has 3 heterocycles. The quantitative estimate of drug-likeness (QED) is 0.869. The van der Waals surface area contributed by atoms with Crippen LogP contribution in [0.5, 0.6) is 0 Å². The molecule has 0 N–H and O–H groups in total. The van der Waals surface area contributed by atoms with Gasteiger partial charge in [-0.1, -0.05) is 11.6 Å². The lowest BCUT2D eigenvalue weighted by atomic mass is 9.99. The molecule has 6 heteroatoms. The van der Waals surface area contributed by atoms with Crippen molar-refractivity contribution in [1.29, 1.82) is 0 Å². The van der Waals surface area contributed by atoms with E-state index in [1.54, 1.807) is 12.4 Å². The highest BCUT2D eigenvalue weighted by molar-refractivity contribution is 9.10. The van der Waals surface area contributed by atoms with Gasteiger partial charge in [-0.25, -0.2) is 0 Å². The molecule has 1 saturated heterocycles. The van der Waals surface area contributed by atoms with Crippen molar-refractivity contribution in [1.82, 2.24) is 14.8 Å². The summed E-state index contributed by atoms with van der Waals surface area (Å²) in [5.74, 6) is 0.626. The molecule has 0 saturated carbocycles. The van der Waals surface area contributed by atoms with Gasteiger partial charge in [0.25, 0.3) is 0 Å². The summed E-state index contributed by atoms with van der Waals surface area (Å²) in [4.78, 5) is 6.27. The van der Waals surface area contributed by atoms with Crippen LogP contribution in [-0.2, 0) is 6.54 Å². The molecule has 1 aliphatic rings. The number of anilines is 1. The third-order valence-corrected chi connectivity index (χ3v) is 3.80. The Labute approximate surface area is 119 Å². The first-order valence-electron chi connectivity index (χ1n) is 5.75. The van der Waals surface area contributed by atoms with E-state index >= 15 is 0 Å². The lowest BCUT2D eigenvalue weighted by molar-refractivity contribution is 0.342. The smallest absolute Gasteiger partial charge is 0.0822 e. The molecule has 0 aromatic carbocycles. The Balaban J connectivity index is 1.59. The number of hydrogen-bond donors (Lipinski definition) is 0. The molecule has 2 aromatic heterocycles. The lowest BCUT2D eigenvalue weighted by Crippen LogP contribution is -2.48. The van der Waals surface area contributed by atoms with Crippen molar-refractivity contribution in [3.8, 4) is 0 Å². The normalized spacial score (nSPS) is 15.8. The van der Waals surface area contributed by atoms with Crippen LogP contribution in [0.25, 0.3) is 0 Å². The van der Waals surface area contributed by atoms with E-state index in [0.717, 1.165) is 34.8 Å². The number of rotatable bonds is 3. The highest BCUT2D eigenvalue weighted by Gasteiger charge is 2.28. The summed E-state index contributed by atoms with van der Waals surface area (Å²) in [6.45, 7) is 2.98. The summed E-state index contributed by atoms with van der Waals surface area (Å²) >= 11 is 9.52. The minimum Gasteiger partial charge on any atom is -0.369 e. The van der Waals surface area contributed by atoms with Gasteiger partial charge in [-0.3, -0.25) is 9.67 Å². The first kappa shape index (κ1) is 12.0. The van der Waals surface area contributed by atoms with E-state index in [9.17, 15) is 0 Å². The predicted molar refractivity (Wildman–Crippen MR) is 74.9 cm³/mol. The summed E-state index contributed by atoms with van der Waals surface area (Å²) in [6, 6.07) is 1.96. The van der Waals surface area contributed by atoms with Crippen molar-refractivity contribution in [2.45, 2.75) is 6.54 Å². The monoisotopic (exact) mass is 326 g/mol. The van der Waals surface area contributed by atoms with Gasteiger partial charge in [-0.2, -0.15) is 5.10 Å². The molecule has 18 heavy (non-hydrogen) atoms. The number of halogens is 2. The average molecular weight is 328 g/mol. The fourth-order valence-corrected chi connectivity index (χ4v) is 2.78. The first-order chi connectivity index (χ1) is 8.72. The average Bonchev–Trinajstić information content (AvgIpc) is 2.70. The van der Waals surface area contributed by atoms with Gasteiger partial charge in [-0.05, 0) is 22.0 Å². The van der Waals surface area contributed by atoms with E-state index < -0.39 is 0 Å². The van der Waals surface area contributed by atoms with Crippen LogP contribution in [0.2, 0.25) is 5.02 Å². The topological polar surface area (TPSA) is 34.0 Å². The molecule has 0 amide bonds. The van der Waals surface area contributed by atoms with Crippen molar-refractivity contribution in [3.05, 3.63) is 40.3 Å². The summed E-state index contributed by atoms with van der Waals surface area (Å²) in [6.07, 6.45) is 7.28. The van der Waals surface area contributed by atoms with Crippen LogP contribution in [0.3, 0.4) is 0 Å². The summed E-state index contributed by atoms with van der Waals surface area (Å²) in [5.41, 5.74) is 1.07. The Kier molecular flexibility index (Phi) is 3.26. The van der Waals surface area contributed by atoms with Crippen molar-refractivity contribution >= 4 is 33.2 Å². The van der Waals surface area contributed by atoms with Gasteiger partial charge in [0.1, 0.15) is 0 Å². The fraction of sp³-hybridized carbons (Fsp3) is 0.333. The van der Waals surface area contributed by atoms with E-state index in [-0.39, 0.29) is 0 Å². The molecule has 0 spiro atoms. The summed E-state index contributed by atoms with van der Waals surface area (Å²) < 4.78 is 3.00. The van der Waals surface area contributed by atoms with Crippen molar-refractivity contribution in [3.63, 3.8) is 0 Å². The largest absolute Gasteiger partial charge is 0.369 e. The van der Waals surface area contributed by atoms with Gasteiger partial charge in [0.15, 0.2) is 0 Å². The van der Waals surface area contributed by atoms with Crippen LogP contribution < -0.4 is 4.90 Å². The third kappa shape index (κ3) is 2.37. The molecule has 0 bridgehead atoms. The van der Waals surface area contributed by atoms with Gasteiger partial charge < -0.3 is 4.90 Å². The SMILES string of the molecule is Clc1cnccc1N1CC(Cn2cc(Br)cn2)C1. The second-order valence-electron chi connectivity index (χ2n) is 4.48. The maximum Gasteiger partial charge on any atom is 0.0822 e. The van der Waals surface area contributed by atoms with E-state index in [2.05, 4.69) is 30.9 Å². The molecule has 3 rings (SSSR count). The van der Waals surface area contributed by atoms with E-state index in [4.69, 9.17) is 11.6 Å². The zero-order valence-electron chi connectivity index (χ0n) is 9.63. The standard InChI is InChI=1S/C12H12BrClN4/c13-10-3-16-18(8-10)7-9-5-17(6-9)12-1-2-15-4-11(12)14/h1-4,8-9H,5-7H2. The van der Waals surface area contributed by atoms with Gasteiger partial charge in [0, 0.05) is 44.1 Å². The second-order valence-corrected chi connectivity index (χ2v) is 5.80. The van der Waals surface area contributed by atoms with Crippen LogP contribution in [0.1, 0.15) is 0 Å². The van der Waals surface area contributed by atoms with Gasteiger partial charge in [0.05, 0.1) is 21.4 Å². The third-order valence-electron chi connectivity index (χ3n) is 3.10. The molecule has 4 nitrogen and oxygen atoms in total. The maximum atomic E-state index is 6.12. The predicted octanol–water partition coefficient (Wildman–Crippen LogP) is 2.83. The highest BCUT2D eigenvalue weighted by atomic mass is 79.9. The molecule has 0 unspecified atom stereocenters. The zero-order valence-corrected chi connectivity index (χ0v) is 12.0. The van der Waals surface area contributed by atoms with Crippen molar-refractivity contribution < 1.29 is 0 Å². The van der Waals surface area contributed by atoms with Crippen LogP contribution in [0.15, 0.2) is 35.3 Å². The Morgan fingerprint density at radius 2 is 2.22 bits per heavy atom. The second kappa shape index (κ2) is 4.90. The minimum absolute atomic E-state index is 0.626. The van der Waals surface area contributed by atoms with Crippen molar-refractivity contribution in [2.24, 2.45) is 5.92 Å². The molecule has 2 aromatic rings.